The number of carbonyl (C=O) groups excluding carboxylic acids is 1. The number of pyridine rings is 1. The molecule has 1 fully saturated rings. The van der Waals surface area contributed by atoms with Gasteiger partial charge in [-0.25, -0.2) is 4.68 Å². The Bertz CT molecular complexity index is 1160. The Morgan fingerprint density at radius 1 is 1.16 bits per heavy atom. The van der Waals surface area contributed by atoms with E-state index in [1.165, 1.54) is 16.7 Å². The molecule has 1 N–H and O–H groups in total. The van der Waals surface area contributed by atoms with E-state index in [0.717, 1.165) is 22.5 Å². The monoisotopic (exact) mass is 450 g/mol. The zero-order chi connectivity index (χ0) is 21.8. The first-order valence-electron chi connectivity index (χ1n) is 9.55. The number of amides is 1. The van der Waals surface area contributed by atoms with Crippen molar-refractivity contribution in [3.05, 3.63) is 71.5 Å². The van der Waals surface area contributed by atoms with Crippen molar-refractivity contribution < 1.29 is 14.7 Å². The van der Waals surface area contributed by atoms with Gasteiger partial charge in [-0.1, -0.05) is 42.2 Å². The maximum absolute atomic E-state index is 12.9. The van der Waals surface area contributed by atoms with E-state index < -0.39 is 5.97 Å². The van der Waals surface area contributed by atoms with Gasteiger partial charge in [0, 0.05) is 42.7 Å². The lowest BCUT2D eigenvalue weighted by Crippen LogP contribution is -2.29. The number of carboxylic acids is 1. The number of benzene rings is 1. The molecule has 156 valence electrons. The summed E-state index contributed by atoms with van der Waals surface area (Å²) in [5.41, 5.74) is 3.29. The Labute approximate surface area is 188 Å². The van der Waals surface area contributed by atoms with Gasteiger partial charge < -0.3 is 5.11 Å². The molecule has 9 heteroatoms. The minimum atomic E-state index is -0.892. The zero-order valence-corrected chi connectivity index (χ0v) is 18.0. The van der Waals surface area contributed by atoms with E-state index in [2.05, 4.69) is 4.98 Å². The summed E-state index contributed by atoms with van der Waals surface area (Å²) in [6.07, 6.45) is 7.40. The van der Waals surface area contributed by atoms with Crippen LogP contribution in [0.1, 0.15) is 18.4 Å². The first kappa shape index (κ1) is 21.0. The van der Waals surface area contributed by atoms with Crippen LogP contribution in [0.4, 0.5) is 0 Å². The minimum absolute atomic E-state index is 0.00779. The van der Waals surface area contributed by atoms with Gasteiger partial charge in [-0.2, -0.15) is 5.10 Å². The molecule has 7 nitrogen and oxygen atoms in total. The fourth-order valence-corrected chi connectivity index (χ4v) is 4.46. The lowest BCUT2D eigenvalue weighted by atomic mass is 10.1. The minimum Gasteiger partial charge on any atom is -0.481 e. The molecule has 1 amide bonds. The summed E-state index contributed by atoms with van der Waals surface area (Å²) in [6, 6.07) is 13.5. The van der Waals surface area contributed by atoms with Crippen LogP contribution >= 0.6 is 24.0 Å². The van der Waals surface area contributed by atoms with Crippen LogP contribution in [0.5, 0.6) is 0 Å². The molecule has 2 aromatic heterocycles. The summed E-state index contributed by atoms with van der Waals surface area (Å²) in [6.45, 7) is 0.287. The number of aromatic nitrogens is 3. The molecule has 4 rings (SSSR count). The molecule has 0 atom stereocenters. The Morgan fingerprint density at radius 3 is 2.61 bits per heavy atom. The van der Waals surface area contributed by atoms with Gasteiger partial charge in [0.15, 0.2) is 0 Å². The highest BCUT2D eigenvalue weighted by molar-refractivity contribution is 8.26. The fourth-order valence-electron chi connectivity index (χ4n) is 3.16. The summed E-state index contributed by atoms with van der Waals surface area (Å²) in [5.74, 6) is -1.11. The molecule has 1 saturated heterocycles. The molecule has 0 bridgehead atoms. The molecule has 3 heterocycles. The standard InChI is InChI=1S/C22H18N4O3S2/c27-19(28)7-4-12-25-21(29)18(31-22(25)30)13-16-14-26(17-5-2-1-3-6-17)24-20(16)15-8-10-23-11-9-15/h1-3,5-6,8-11,13-14H,4,7,12H2,(H,27,28). The summed E-state index contributed by atoms with van der Waals surface area (Å²) < 4.78 is 2.21. The van der Waals surface area contributed by atoms with Gasteiger partial charge in [-0.05, 0) is 36.8 Å². The molecule has 1 aliphatic rings. The second-order valence-electron chi connectivity index (χ2n) is 6.78. The summed E-state index contributed by atoms with van der Waals surface area (Å²) in [4.78, 5) is 29.7. The van der Waals surface area contributed by atoms with Crippen LogP contribution in [0.25, 0.3) is 23.0 Å². The molecule has 0 saturated carbocycles. The first-order valence-corrected chi connectivity index (χ1v) is 10.8. The van der Waals surface area contributed by atoms with E-state index in [-0.39, 0.29) is 18.9 Å². The third kappa shape index (κ3) is 4.73. The lowest BCUT2D eigenvalue weighted by Gasteiger charge is -2.13. The summed E-state index contributed by atoms with van der Waals surface area (Å²) in [5, 5.41) is 13.6. The van der Waals surface area contributed by atoms with E-state index in [4.69, 9.17) is 22.4 Å². The average molecular weight is 451 g/mol. The van der Waals surface area contributed by atoms with Gasteiger partial charge in [0.05, 0.1) is 10.6 Å². The van der Waals surface area contributed by atoms with Gasteiger partial charge in [0.2, 0.25) is 0 Å². The number of carbonyl (C=O) groups is 2. The lowest BCUT2D eigenvalue weighted by molar-refractivity contribution is -0.137. The summed E-state index contributed by atoms with van der Waals surface area (Å²) in [7, 11) is 0. The van der Waals surface area contributed by atoms with Gasteiger partial charge in [-0.3, -0.25) is 19.5 Å². The van der Waals surface area contributed by atoms with E-state index >= 15 is 0 Å². The number of thiocarbonyl (C=S) groups is 1. The third-order valence-electron chi connectivity index (χ3n) is 4.65. The normalized spacial score (nSPS) is 15.1. The van der Waals surface area contributed by atoms with Crippen LogP contribution in [-0.4, -0.2) is 47.5 Å². The molecular weight excluding hydrogens is 432 g/mol. The fraction of sp³-hybridized carbons (Fsp3) is 0.136. The van der Waals surface area contributed by atoms with Gasteiger partial charge >= 0.3 is 5.97 Å². The molecule has 3 aromatic rings. The van der Waals surface area contributed by atoms with Crippen LogP contribution in [0.2, 0.25) is 0 Å². The Balaban J connectivity index is 1.68. The maximum atomic E-state index is 12.9. The van der Waals surface area contributed by atoms with Crippen LogP contribution < -0.4 is 0 Å². The maximum Gasteiger partial charge on any atom is 0.303 e. The second-order valence-corrected chi connectivity index (χ2v) is 8.46. The zero-order valence-electron chi connectivity index (χ0n) is 16.3. The van der Waals surface area contributed by atoms with Crippen molar-refractivity contribution in [3.63, 3.8) is 0 Å². The van der Waals surface area contributed by atoms with Crippen LogP contribution in [0, 0.1) is 0 Å². The van der Waals surface area contributed by atoms with Crippen molar-refractivity contribution >= 4 is 46.3 Å². The highest BCUT2D eigenvalue weighted by atomic mass is 32.2. The van der Waals surface area contributed by atoms with Crippen molar-refractivity contribution in [3.8, 4) is 16.9 Å². The molecule has 1 aromatic carbocycles. The highest BCUT2D eigenvalue weighted by Gasteiger charge is 2.32. The van der Waals surface area contributed by atoms with Gasteiger partial charge in [-0.15, -0.1) is 0 Å². The number of para-hydroxylation sites is 1. The number of aliphatic carboxylic acids is 1. The van der Waals surface area contributed by atoms with Gasteiger partial charge in [0.1, 0.15) is 10.0 Å². The van der Waals surface area contributed by atoms with Crippen LogP contribution in [-0.2, 0) is 9.59 Å². The molecule has 0 aliphatic carbocycles. The number of thioether (sulfide) groups is 1. The number of hydrogen-bond donors (Lipinski definition) is 1. The number of rotatable bonds is 7. The summed E-state index contributed by atoms with van der Waals surface area (Å²) >= 11 is 6.57. The average Bonchev–Trinajstić information content (AvgIpc) is 3.31. The van der Waals surface area contributed by atoms with Crippen molar-refractivity contribution in [1.82, 2.24) is 19.7 Å². The predicted octanol–water partition coefficient (Wildman–Crippen LogP) is 4.00. The van der Waals surface area contributed by atoms with Crippen LogP contribution in [0.15, 0.2) is 66.0 Å². The molecular formula is C22H18N4O3S2. The molecule has 0 unspecified atom stereocenters. The van der Waals surface area contributed by atoms with E-state index in [1.54, 1.807) is 23.2 Å². The molecule has 0 radical (unpaired) electrons. The number of nitrogens with zero attached hydrogens (tertiary/aromatic N) is 4. The van der Waals surface area contributed by atoms with E-state index in [0.29, 0.717) is 15.6 Å². The van der Waals surface area contributed by atoms with Crippen molar-refractivity contribution in [2.45, 2.75) is 12.8 Å². The molecule has 31 heavy (non-hydrogen) atoms. The Kier molecular flexibility index (Phi) is 6.24. The number of carboxylic acid groups (broad SMARTS) is 1. The van der Waals surface area contributed by atoms with Crippen molar-refractivity contribution in [1.29, 1.82) is 0 Å². The topological polar surface area (TPSA) is 88.3 Å². The Hall–Kier alpha value is -3.30. The van der Waals surface area contributed by atoms with E-state index in [9.17, 15) is 9.59 Å². The molecule has 0 spiro atoms. The second kappa shape index (κ2) is 9.23. The predicted molar refractivity (Wildman–Crippen MR) is 124 cm³/mol. The van der Waals surface area contributed by atoms with Crippen molar-refractivity contribution in [2.75, 3.05) is 6.54 Å². The number of hydrogen-bond acceptors (Lipinski definition) is 6. The SMILES string of the molecule is O=C(O)CCCN1C(=O)C(=Cc2cn(-c3ccccc3)nc2-c2ccncc2)SC1=S. The first-order chi connectivity index (χ1) is 15.0. The Morgan fingerprint density at radius 2 is 1.90 bits per heavy atom. The van der Waals surface area contributed by atoms with Crippen molar-refractivity contribution in [2.24, 2.45) is 0 Å². The highest BCUT2D eigenvalue weighted by Crippen LogP contribution is 2.35. The van der Waals surface area contributed by atoms with Crippen LogP contribution in [0.3, 0.4) is 0 Å². The largest absolute Gasteiger partial charge is 0.481 e. The third-order valence-corrected chi connectivity index (χ3v) is 6.03. The quantitative estimate of drug-likeness (QED) is 0.430. The van der Waals surface area contributed by atoms with E-state index in [1.807, 2.05) is 48.7 Å². The smallest absolute Gasteiger partial charge is 0.303 e. The molecule has 1 aliphatic heterocycles. The van der Waals surface area contributed by atoms with Gasteiger partial charge in [0.25, 0.3) is 5.91 Å².